The second-order valence-corrected chi connectivity index (χ2v) is 17.0. The number of hydrogen-bond acceptors (Lipinski definition) is 2. The average Bonchev–Trinajstić information content (AvgIpc) is 3.77. The third-order valence-corrected chi connectivity index (χ3v) is 13.0. The third kappa shape index (κ3) is 6.34. The van der Waals surface area contributed by atoms with E-state index < -0.39 is 0 Å². The molecule has 0 atom stereocenters. The van der Waals surface area contributed by atoms with Gasteiger partial charge in [0.15, 0.2) is 0 Å². The SMILES string of the molecule is CCCCn1c2ccccc2c2ccc(-c3ccc(-c4nc5c(Br)ccc(Br)c5nc4-c4ccc(-c5ccc6c7ccccc7n(CCCC)c6c5)cc4)cc3)cc21. The van der Waals surface area contributed by atoms with E-state index in [9.17, 15) is 0 Å². The summed E-state index contributed by atoms with van der Waals surface area (Å²) in [6.45, 7) is 6.54. The number of benzene rings is 7. The topological polar surface area (TPSA) is 35.6 Å². The quantitative estimate of drug-likeness (QED) is 0.137. The lowest BCUT2D eigenvalue weighted by molar-refractivity contribution is 0.665. The summed E-state index contributed by atoms with van der Waals surface area (Å²) < 4.78 is 6.82. The smallest absolute Gasteiger partial charge is 0.105 e. The first-order valence-corrected chi connectivity index (χ1v) is 22.0. The normalized spacial score (nSPS) is 11.9. The predicted molar refractivity (Wildman–Crippen MR) is 253 cm³/mol. The molecule has 284 valence electrons. The minimum atomic E-state index is 0.825. The fourth-order valence-corrected chi connectivity index (χ4v) is 9.51. The number of unbranched alkanes of at least 4 members (excludes halogenated alkanes) is 2. The Morgan fingerprint density at radius 3 is 1.17 bits per heavy atom. The van der Waals surface area contributed by atoms with Gasteiger partial charge in [-0.15, -0.1) is 0 Å². The first-order chi connectivity index (χ1) is 28.5. The summed E-state index contributed by atoms with van der Waals surface area (Å²) in [5.74, 6) is 0. The monoisotopic (exact) mass is 880 g/mol. The molecule has 0 saturated carbocycles. The Hall–Kier alpha value is -5.56. The zero-order valence-electron chi connectivity index (χ0n) is 32.6. The van der Waals surface area contributed by atoms with Crippen LogP contribution in [0.15, 0.2) is 155 Å². The molecular weight excluding hydrogens is 840 g/mol. The van der Waals surface area contributed by atoms with Crippen molar-refractivity contribution in [2.75, 3.05) is 0 Å². The van der Waals surface area contributed by atoms with E-state index in [1.807, 2.05) is 12.1 Å². The molecule has 0 saturated heterocycles. The van der Waals surface area contributed by atoms with Crippen LogP contribution in [-0.4, -0.2) is 19.1 Å². The molecule has 58 heavy (non-hydrogen) atoms. The van der Waals surface area contributed by atoms with E-state index in [2.05, 4.69) is 188 Å². The molecule has 7 aromatic carbocycles. The Morgan fingerprint density at radius 2 is 0.759 bits per heavy atom. The van der Waals surface area contributed by atoms with E-state index in [0.29, 0.717) is 0 Å². The number of aryl methyl sites for hydroxylation is 2. The molecule has 6 heteroatoms. The minimum Gasteiger partial charge on any atom is -0.340 e. The molecule has 0 aliphatic carbocycles. The van der Waals surface area contributed by atoms with Gasteiger partial charge in [0, 0.05) is 76.8 Å². The molecule has 0 bridgehead atoms. The maximum absolute atomic E-state index is 5.31. The Labute approximate surface area is 355 Å². The average molecular weight is 883 g/mol. The van der Waals surface area contributed by atoms with Crippen molar-refractivity contribution >= 4 is 86.5 Å². The Morgan fingerprint density at radius 1 is 0.397 bits per heavy atom. The highest BCUT2D eigenvalue weighted by atomic mass is 79.9. The van der Waals surface area contributed by atoms with Gasteiger partial charge in [-0.3, -0.25) is 0 Å². The van der Waals surface area contributed by atoms with E-state index in [1.54, 1.807) is 0 Å². The van der Waals surface area contributed by atoms with Gasteiger partial charge in [-0.1, -0.05) is 136 Å². The van der Waals surface area contributed by atoms with Gasteiger partial charge < -0.3 is 9.13 Å². The van der Waals surface area contributed by atoms with Crippen molar-refractivity contribution in [1.29, 1.82) is 0 Å². The number of para-hydroxylation sites is 2. The van der Waals surface area contributed by atoms with Gasteiger partial charge in [0.05, 0.1) is 11.4 Å². The second kappa shape index (κ2) is 15.3. The van der Waals surface area contributed by atoms with Crippen LogP contribution in [0.25, 0.3) is 99.4 Å². The number of halogens is 2. The van der Waals surface area contributed by atoms with Gasteiger partial charge in [-0.2, -0.15) is 0 Å². The maximum Gasteiger partial charge on any atom is 0.105 e. The van der Waals surface area contributed by atoms with Crippen LogP contribution in [0.2, 0.25) is 0 Å². The van der Waals surface area contributed by atoms with Crippen LogP contribution in [0.5, 0.6) is 0 Å². The van der Waals surface area contributed by atoms with E-state index in [1.165, 1.54) is 65.9 Å². The van der Waals surface area contributed by atoms with Gasteiger partial charge in [0.1, 0.15) is 11.0 Å². The van der Waals surface area contributed by atoms with Crippen molar-refractivity contribution in [3.63, 3.8) is 0 Å². The summed E-state index contributed by atoms with van der Waals surface area (Å²) in [7, 11) is 0. The lowest BCUT2D eigenvalue weighted by atomic mass is 9.97. The molecule has 4 nitrogen and oxygen atoms in total. The second-order valence-electron chi connectivity index (χ2n) is 15.3. The Kier molecular flexibility index (Phi) is 9.71. The molecule has 0 radical (unpaired) electrons. The first-order valence-electron chi connectivity index (χ1n) is 20.4. The number of hydrogen-bond donors (Lipinski definition) is 0. The number of nitrogens with zero attached hydrogens (tertiary/aromatic N) is 4. The molecule has 10 rings (SSSR count). The van der Waals surface area contributed by atoms with Crippen LogP contribution in [0.4, 0.5) is 0 Å². The van der Waals surface area contributed by atoms with Gasteiger partial charge >= 0.3 is 0 Å². The van der Waals surface area contributed by atoms with Gasteiger partial charge in [0.2, 0.25) is 0 Å². The van der Waals surface area contributed by atoms with Gasteiger partial charge in [0.25, 0.3) is 0 Å². The van der Waals surface area contributed by atoms with Crippen molar-refractivity contribution in [3.05, 3.63) is 155 Å². The molecule has 0 unspecified atom stereocenters. The lowest BCUT2D eigenvalue weighted by Crippen LogP contribution is -1.98. The highest BCUT2D eigenvalue weighted by Gasteiger charge is 2.18. The first kappa shape index (κ1) is 36.8. The van der Waals surface area contributed by atoms with Crippen LogP contribution in [0, 0.1) is 0 Å². The molecule has 10 aromatic rings. The zero-order valence-corrected chi connectivity index (χ0v) is 35.8. The lowest BCUT2D eigenvalue weighted by Gasteiger charge is -2.14. The highest BCUT2D eigenvalue weighted by molar-refractivity contribution is 9.11. The van der Waals surface area contributed by atoms with Crippen LogP contribution in [-0.2, 0) is 13.1 Å². The Balaban J connectivity index is 1.04. The summed E-state index contributed by atoms with van der Waals surface area (Å²) in [4.78, 5) is 10.6. The standard InChI is InChI=1S/C52H42Br2N4/c1-3-5-29-57-45-13-9-7-11-39(45)41-25-23-37(31-47(41)57)33-15-19-35(20-16-33)49-50(56-52-44(54)28-27-43(53)51(52)55-49)36-21-17-34(18-22-36)38-24-26-42-40-12-8-10-14-46(40)58(30-6-4-2)48(42)32-38/h7-28,31-32H,3-6,29-30H2,1-2H3. The van der Waals surface area contributed by atoms with Crippen LogP contribution in [0.3, 0.4) is 0 Å². The molecular formula is C52H42Br2N4. The molecule has 0 spiro atoms. The molecule has 0 fully saturated rings. The summed E-state index contributed by atoms with van der Waals surface area (Å²) in [6, 6.07) is 53.1. The summed E-state index contributed by atoms with van der Waals surface area (Å²) >= 11 is 7.54. The van der Waals surface area contributed by atoms with E-state index in [-0.39, 0.29) is 0 Å². The minimum absolute atomic E-state index is 0.825. The Bertz CT molecular complexity index is 2940. The number of fused-ring (bicyclic) bond motifs is 7. The fraction of sp³-hybridized carbons (Fsp3) is 0.154. The largest absolute Gasteiger partial charge is 0.340 e. The molecule has 0 N–H and O–H groups in total. The third-order valence-electron chi connectivity index (χ3n) is 11.7. The number of aromatic nitrogens is 4. The number of rotatable bonds is 10. The van der Waals surface area contributed by atoms with Crippen molar-refractivity contribution in [2.45, 2.75) is 52.6 Å². The van der Waals surface area contributed by atoms with E-state index >= 15 is 0 Å². The molecule has 3 heterocycles. The van der Waals surface area contributed by atoms with Crippen LogP contribution >= 0.6 is 31.9 Å². The van der Waals surface area contributed by atoms with Crippen molar-refractivity contribution in [1.82, 2.24) is 19.1 Å². The van der Waals surface area contributed by atoms with Gasteiger partial charge in [-0.25, -0.2) is 9.97 Å². The molecule has 0 amide bonds. The molecule has 3 aromatic heterocycles. The maximum atomic E-state index is 5.31. The summed E-state index contributed by atoms with van der Waals surface area (Å²) in [5, 5.41) is 5.25. The van der Waals surface area contributed by atoms with Crippen molar-refractivity contribution in [3.8, 4) is 44.8 Å². The zero-order chi connectivity index (χ0) is 39.3. The van der Waals surface area contributed by atoms with Crippen molar-refractivity contribution in [2.24, 2.45) is 0 Å². The van der Waals surface area contributed by atoms with Crippen LogP contribution in [0.1, 0.15) is 39.5 Å². The van der Waals surface area contributed by atoms with E-state index in [4.69, 9.17) is 9.97 Å². The highest BCUT2D eigenvalue weighted by Crippen LogP contribution is 2.39. The van der Waals surface area contributed by atoms with Crippen molar-refractivity contribution < 1.29 is 0 Å². The van der Waals surface area contributed by atoms with Crippen LogP contribution < -0.4 is 0 Å². The van der Waals surface area contributed by atoms with Gasteiger partial charge in [-0.05, 0) is 103 Å². The predicted octanol–water partition coefficient (Wildman–Crippen LogP) is 15.6. The summed E-state index contributed by atoms with van der Waals surface area (Å²) in [6.07, 6.45) is 4.63. The van der Waals surface area contributed by atoms with E-state index in [0.717, 1.165) is 81.3 Å². The summed E-state index contributed by atoms with van der Waals surface area (Å²) in [5.41, 5.74) is 15.3. The fourth-order valence-electron chi connectivity index (χ4n) is 8.69. The molecule has 0 aliphatic heterocycles. The molecule has 0 aliphatic rings.